The number of nitrogens with zero attached hydrogens (tertiary/aromatic N) is 1. The number of carbonyl (C=O) groups excluding carboxylic acids is 1. The van der Waals surface area contributed by atoms with Crippen molar-refractivity contribution in [2.45, 2.75) is 6.54 Å². The predicted molar refractivity (Wildman–Crippen MR) is 98.7 cm³/mol. The number of phenolic OH excluding ortho intramolecular Hbond substituents is 1. The first kappa shape index (κ1) is 19.7. The predicted octanol–water partition coefficient (Wildman–Crippen LogP) is 1.28. The number of phenols is 1. The number of hydrogen-bond acceptors (Lipinski definition) is 2. The van der Waals surface area contributed by atoms with Crippen LogP contribution in [0, 0.1) is 0 Å². The molecular weight excluding hydrogens is 369 g/mol. The normalized spacial score (nSPS) is 10.5. The summed E-state index contributed by atoms with van der Waals surface area (Å²) in [7, 11) is 0. The number of hydrogen-bond donors (Lipinski definition) is 1. The average molecular weight is 386 g/mol. The van der Waals surface area contributed by atoms with Gasteiger partial charge in [0.2, 0.25) is 0 Å². The average Bonchev–Trinajstić information content (AvgIpc) is 2.61. The highest BCUT2D eigenvalue weighted by atomic mass is 35.5. The van der Waals surface area contributed by atoms with Crippen LogP contribution in [-0.2, 0) is 6.54 Å². The Morgan fingerprint density at radius 1 is 1.04 bits per heavy atom. The number of allylic oxidation sites excluding steroid dienone is 1. The van der Waals surface area contributed by atoms with Crippen LogP contribution in [0.4, 0.5) is 0 Å². The van der Waals surface area contributed by atoms with Crippen LogP contribution in [-0.4, -0.2) is 10.9 Å². The molecule has 0 unspecified atom stereocenters. The summed E-state index contributed by atoms with van der Waals surface area (Å²) in [6.07, 6.45) is 7.18. The highest BCUT2D eigenvalue weighted by molar-refractivity contribution is 6.30. The molecule has 0 aliphatic carbocycles. The molecule has 0 atom stereocenters. The van der Waals surface area contributed by atoms with Crippen molar-refractivity contribution in [3.63, 3.8) is 0 Å². The van der Waals surface area contributed by atoms with Crippen molar-refractivity contribution >= 4 is 23.5 Å². The van der Waals surface area contributed by atoms with E-state index in [0.717, 1.165) is 22.7 Å². The fourth-order valence-electron chi connectivity index (χ4n) is 2.46. The van der Waals surface area contributed by atoms with Crippen LogP contribution in [0.5, 0.6) is 5.75 Å². The van der Waals surface area contributed by atoms with Crippen molar-refractivity contribution in [2.24, 2.45) is 0 Å². The molecule has 1 N–H and O–H groups in total. The molecule has 0 aliphatic rings. The largest absolute Gasteiger partial charge is 1.00 e. The number of aromatic nitrogens is 1. The molecule has 3 rings (SSSR count). The molecule has 1 heterocycles. The van der Waals surface area contributed by atoms with Crippen molar-refractivity contribution in [3.05, 3.63) is 101 Å². The monoisotopic (exact) mass is 385 g/mol. The molecule has 0 fully saturated rings. The Balaban J connectivity index is 0.00000243. The quantitative estimate of drug-likeness (QED) is 0.408. The maximum Gasteiger partial charge on any atom is 0.185 e. The maximum atomic E-state index is 12.1. The summed E-state index contributed by atoms with van der Waals surface area (Å²) in [5.41, 5.74) is 2.51. The third kappa shape index (κ3) is 5.45. The van der Waals surface area contributed by atoms with Gasteiger partial charge in [-0.3, -0.25) is 4.79 Å². The Hall–Kier alpha value is -2.62. The first-order chi connectivity index (χ1) is 12.1. The van der Waals surface area contributed by atoms with Gasteiger partial charge in [0.05, 0.1) is 0 Å². The molecule has 2 aromatic carbocycles. The van der Waals surface area contributed by atoms with Crippen molar-refractivity contribution in [1.29, 1.82) is 0 Å². The number of ketones is 1. The molecule has 0 saturated heterocycles. The third-order valence-electron chi connectivity index (χ3n) is 3.73. The molecular formula is C21H17Cl2NO2. The lowest BCUT2D eigenvalue weighted by Gasteiger charge is -1.99. The summed E-state index contributed by atoms with van der Waals surface area (Å²) < 4.78 is 2.04. The van der Waals surface area contributed by atoms with Crippen molar-refractivity contribution < 1.29 is 26.9 Å². The van der Waals surface area contributed by atoms with Gasteiger partial charge in [-0.05, 0) is 35.9 Å². The molecule has 0 saturated carbocycles. The van der Waals surface area contributed by atoms with E-state index in [1.807, 2.05) is 53.4 Å². The van der Waals surface area contributed by atoms with Crippen LogP contribution in [0.3, 0.4) is 0 Å². The van der Waals surface area contributed by atoms with E-state index < -0.39 is 0 Å². The first-order valence-electron chi connectivity index (χ1n) is 7.85. The Bertz CT molecular complexity index is 921. The lowest BCUT2D eigenvalue weighted by molar-refractivity contribution is -0.688. The van der Waals surface area contributed by atoms with Crippen LogP contribution < -0.4 is 17.0 Å². The minimum Gasteiger partial charge on any atom is -1.00 e. The van der Waals surface area contributed by atoms with Gasteiger partial charge in [0.25, 0.3) is 0 Å². The molecule has 0 amide bonds. The van der Waals surface area contributed by atoms with Crippen molar-refractivity contribution in [1.82, 2.24) is 0 Å². The highest BCUT2D eigenvalue weighted by Gasteiger charge is 2.04. The van der Waals surface area contributed by atoms with Gasteiger partial charge in [0.1, 0.15) is 5.75 Å². The summed E-state index contributed by atoms with van der Waals surface area (Å²) in [5.74, 6) is -0.0624. The zero-order valence-electron chi connectivity index (χ0n) is 13.8. The SMILES string of the molecule is O=C(/C=C/c1cc[n+](Cc2cccc(Cl)c2)cc1)c1cccc(O)c1.[Cl-]. The van der Waals surface area contributed by atoms with Gasteiger partial charge in [-0.25, -0.2) is 4.57 Å². The summed E-state index contributed by atoms with van der Waals surface area (Å²) in [5, 5.41) is 10.2. The number of aromatic hydroxyl groups is 1. The van der Waals surface area contributed by atoms with Crippen LogP contribution in [0.1, 0.15) is 21.5 Å². The number of rotatable bonds is 5. The number of halogens is 2. The van der Waals surface area contributed by atoms with Gasteiger partial charge in [-0.2, -0.15) is 0 Å². The number of carbonyl (C=O) groups is 1. The van der Waals surface area contributed by atoms with E-state index in [1.54, 1.807) is 18.2 Å². The van der Waals surface area contributed by atoms with E-state index in [4.69, 9.17) is 11.6 Å². The minimum absolute atomic E-state index is 0. The van der Waals surface area contributed by atoms with Gasteiger partial charge >= 0.3 is 0 Å². The molecule has 3 nitrogen and oxygen atoms in total. The van der Waals surface area contributed by atoms with Crippen molar-refractivity contribution in [3.8, 4) is 5.75 Å². The molecule has 132 valence electrons. The van der Waals surface area contributed by atoms with Gasteiger partial charge < -0.3 is 17.5 Å². The first-order valence-corrected chi connectivity index (χ1v) is 8.23. The van der Waals surface area contributed by atoms with E-state index in [9.17, 15) is 9.90 Å². The second-order valence-corrected chi connectivity index (χ2v) is 6.12. The maximum absolute atomic E-state index is 12.1. The van der Waals surface area contributed by atoms with E-state index in [1.165, 1.54) is 18.2 Å². The molecule has 1 aromatic heterocycles. The van der Waals surface area contributed by atoms with Crippen molar-refractivity contribution in [2.75, 3.05) is 0 Å². The standard InChI is InChI=1S/C21H16ClNO2.ClH/c22-19-5-1-3-17(13-19)15-23-11-9-16(10-12-23)7-8-21(25)18-4-2-6-20(24)14-18;/h1-14H,15H2;1H/b8-7+;. The van der Waals surface area contributed by atoms with Gasteiger partial charge in [-0.1, -0.05) is 41.9 Å². The Morgan fingerprint density at radius 3 is 2.46 bits per heavy atom. The molecule has 0 radical (unpaired) electrons. The lowest BCUT2D eigenvalue weighted by Crippen LogP contribution is -3.00. The lowest BCUT2D eigenvalue weighted by atomic mass is 10.1. The van der Waals surface area contributed by atoms with E-state index in [0.29, 0.717) is 5.56 Å². The highest BCUT2D eigenvalue weighted by Crippen LogP contribution is 2.13. The fourth-order valence-corrected chi connectivity index (χ4v) is 2.67. The fraction of sp³-hybridized carbons (Fsp3) is 0.0476. The van der Waals surface area contributed by atoms with Gasteiger partial charge in [0, 0.05) is 28.3 Å². The molecule has 0 aliphatic heterocycles. The van der Waals surface area contributed by atoms with Gasteiger partial charge in [0.15, 0.2) is 24.7 Å². The molecule has 26 heavy (non-hydrogen) atoms. The van der Waals surface area contributed by atoms with Crippen LogP contribution in [0.2, 0.25) is 5.02 Å². The Morgan fingerprint density at radius 2 is 1.77 bits per heavy atom. The molecule has 0 spiro atoms. The van der Waals surface area contributed by atoms with Crippen LogP contribution in [0.15, 0.2) is 79.1 Å². The summed E-state index contributed by atoms with van der Waals surface area (Å²) >= 11 is 6.00. The molecule has 3 aromatic rings. The van der Waals surface area contributed by atoms with Crippen LogP contribution in [0.25, 0.3) is 6.08 Å². The second-order valence-electron chi connectivity index (χ2n) is 5.68. The van der Waals surface area contributed by atoms with E-state index in [-0.39, 0.29) is 23.9 Å². The summed E-state index contributed by atoms with van der Waals surface area (Å²) in [6.45, 7) is 0.729. The zero-order valence-corrected chi connectivity index (χ0v) is 15.4. The summed E-state index contributed by atoms with van der Waals surface area (Å²) in [6, 6.07) is 18.0. The topological polar surface area (TPSA) is 41.2 Å². The Labute approximate surface area is 163 Å². The smallest absolute Gasteiger partial charge is 0.185 e. The number of pyridine rings is 1. The van der Waals surface area contributed by atoms with Gasteiger partial charge in [-0.15, -0.1) is 0 Å². The Kier molecular flexibility index (Phi) is 6.96. The molecule has 0 bridgehead atoms. The number of benzene rings is 2. The van der Waals surface area contributed by atoms with E-state index in [2.05, 4.69) is 0 Å². The zero-order chi connectivity index (χ0) is 17.6. The van der Waals surface area contributed by atoms with Crippen LogP contribution >= 0.6 is 11.6 Å². The third-order valence-corrected chi connectivity index (χ3v) is 3.96. The second kappa shape index (κ2) is 9.18. The molecule has 5 heteroatoms. The summed E-state index contributed by atoms with van der Waals surface area (Å²) in [4.78, 5) is 12.1. The van der Waals surface area contributed by atoms with E-state index >= 15 is 0 Å². The minimum atomic E-state index is -0.147.